The summed E-state index contributed by atoms with van der Waals surface area (Å²) in [5, 5.41) is 3.58. The summed E-state index contributed by atoms with van der Waals surface area (Å²) >= 11 is 0. The molecule has 0 unspecified atom stereocenters. The minimum absolute atomic E-state index is 0.0279. The number of hydrogen-bond donors (Lipinski definition) is 0. The number of benzene rings is 1. The van der Waals surface area contributed by atoms with Crippen LogP contribution in [-0.4, -0.2) is 23.9 Å². The number of likely N-dealkylation sites (tertiary alicyclic amines) is 1. The van der Waals surface area contributed by atoms with Gasteiger partial charge in [0.05, 0.1) is 5.69 Å². The molecule has 1 amide bonds. The van der Waals surface area contributed by atoms with Crippen LogP contribution in [0.5, 0.6) is 0 Å². The summed E-state index contributed by atoms with van der Waals surface area (Å²) in [6.45, 7) is 1.59. The van der Waals surface area contributed by atoms with Crippen LogP contribution in [0.2, 0.25) is 0 Å². The Morgan fingerprint density at radius 1 is 1.17 bits per heavy atom. The van der Waals surface area contributed by atoms with Crippen molar-refractivity contribution in [3.05, 3.63) is 40.3 Å². The van der Waals surface area contributed by atoms with E-state index in [0.29, 0.717) is 11.3 Å². The molecule has 0 saturated carbocycles. The number of azide groups is 1. The first-order valence-corrected chi connectivity index (χ1v) is 6.26. The van der Waals surface area contributed by atoms with E-state index in [2.05, 4.69) is 10.0 Å². The van der Waals surface area contributed by atoms with Gasteiger partial charge in [-0.05, 0) is 24.4 Å². The Morgan fingerprint density at radius 2 is 1.83 bits per heavy atom. The van der Waals surface area contributed by atoms with Crippen LogP contribution in [-0.2, 0) is 0 Å². The Kier molecular flexibility index (Phi) is 4.20. The van der Waals surface area contributed by atoms with Crippen molar-refractivity contribution in [1.82, 2.24) is 4.90 Å². The summed E-state index contributed by atoms with van der Waals surface area (Å²) in [4.78, 5) is 17.0. The van der Waals surface area contributed by atoms with Gasteiger partial charge in [-0.1, -0.05) is 36.2 Å². The quantitative estimate of drug-likeness (QED) is 0.444. The Hall–Kier alpha value is -2.00. The number of carbonyl (C=O) groups is 1. The molecule has 5 nitrogen and oxygen atoms in total. The van der Waals surface area contributed by atoms with Gasteiger partial charge in [-0.3, -0.25) is 4.79 Å². The van der Waals surface area contributed by atoms with Gasteiger partial charge in [0.1, 0.15) is 0 Å². The third-order valence-corrected chi connectivity index (χ3v) is 3.18. The molecule has 0 aromatic heterocycles. The second-order valence-electron chi connectivity index (χ2n) is 4.41. The fourth-order valence-corrected chi connectivity index (χ4v) is 2.23. The Balaban J connectivity index is 2.24. The average molecular weight is 244 g/mol. The van der Waals surface area contributed by atoms with Crippen LogP contribution >= 0.6 is 0 Å². The molecule has 1 aliphatic rings. The molecular formula is C13H16N4O. The van der Waals surface area contributed by atoms with Gasteiger partial charge in [0.25, 0.3) is 5.91 Å². The zero-order valence-electron chi connectivity index (χ0n) is 10.2. The van der Waals surface area contributed by atoms with Gasteiger partial charge in [-0.15, -0.1) is 0 Å². The molecule has 1 aromatic rings. The molecule has 1 saturated heterocycles. The van der Waals surface area contributed by atoms with E-state index < -0.39 is 0 Å². The maximum atomic E-state index is 12.4. The van der Waals surface area contributed by atoms with Gasteiger partial charge in [-0.2, -0.15) is 0 Å². The van der Waals surface area contributed by atoms with Crippen LogP contribution in [0.3, 0.4) is 0 Å². The highest BCUT2D eigenvalue weighted by atomic mass is 16.2. The van der Waals surface area contributed by atoms with Crippen LogP contribution in [0, 0.1) is 0 Å². The number of rotatable bonds is 2. The van der Waals surface area contributed by atoms with E-state index in [0.717, 1.165) is 25.9 Å². The average Bonchev–Trinajstić information content (AvgIpc) is 2.68. The van der Waals surface area contributed by atoms with Crippen LogP contribution in [0.25, 0.3) is 10.4 Å². The predicted molar refractivity (Wildman–Crippen MR) is 69.6 cm³/mol. The van der Waals surface area contributed by atoms with Gasteiger partial charge < -0.3 is 4.90 Å². The first kappa shape index (κ1) is 12.5. The van der Waals surface area contributed by atoms with E-state index in [-0.39, 0.29) is 5.91 Å². The lowest BCUT2D eigenvalue weighted by Gasteiger charge is -2.21. The molecule has 0 spiro atoms. The third kappa shape index (κ3) is 2.81. The minimum atomic E-state index is -0.0279. The lowest BCUT2D eigenvalue weighted by molar-refractivity contribution is 0.0762. The monoisotopic (exact) mass is 244 g/mol. The fraction of sp³-hybridized carbons (Fsp3) is 0.462. The highest BCUT2D eigenvalue weighted by Gasteiger charge is 2.18. The summed E-state index contributed by atoms with van der Waals surface area (Å²) in [7, 11) is 0. The summed E-state index contributed by atoms with van der Waals surface area (Å²) in [5.41, 5.74) is 9.42. The lowest BCUT2D eigenvalue weighted by atomic mass is 10.1. The van der Waals surface area contributed by atoms with Crippen LogP contribution in [0.1, 0.15) is 36.0 Å². The molecule has 0 radical (unpaired) electrons. The van der Waals surface area contributed by atoms with E-state index >= 15 is 0 Å². The summed E-state index contributed by atoms with van der Waals surface area (Å²) in [6.07, 6.45) is 4.47. The van der Waals surface area contributed by atoms with Crippen LogP contribution in [0.15, 0.2) is 29.4 Å². The first-order chi connectivity index (χ1) is 8.83. The fourth-order valence-electron chi connectivity index (χ4n) is 2.23. The van der Waals surface area contributed by atoms with Gasteiger partial charge in [-0.25, -0.2) is 0 Å². The smallest absolute Gasteiger partial charge is 0.254 e. The Morgan fingerprint density at radius 3 is 2.50 bits per heavy atom. The molecule has 0 aliphatic carbocycles. The Bertz CT molecular complexity index is 472. The standard InChI is InChI=1S/C13H16N4O/c14-16-15-12-8-4-3-7-11(12)13(18)17-9-5-1-2-6-10-17/h3-4,7-8H,1-2,5-6,9-10H2. The molecule has 1 aliphatic heterocycles. The molecule has 1 aromatic carbocycles. The molecule has 0 atom stereocenters. The number of amides is 1. The SMILES string of the molecule is [N-]=[N+]=Nc1ccccc1C(=O)N1CCCCCC1. The normalized spacial score (nSPS) is 15.7. The van der Waals surface area contributed by atoms with Crippen LogP contribution in [0.4, 0.5) is 5.69 Å². The molecule has 94 valence electrons. The van der Waals surface area contributed by atoms with Crippen molar-refractivity contribution < 1.29 is 4.79 Å². The third-order valence-electron chi connectivity index (χ3n) is 3.18. The van der Waals surface area contributed by atoms with E-state index in [1.54, 1.807) is 24.3 Å². The van der Waals surface area contributed by atoms with Gasteiger partial charge in [0.15, 0.2) is 0 Å². The number of hydrogen-bond acceptors (Lipinski definition) is 2. The lowest BCUT2D eigenvalue weighted by Crippen LogP contribution is -2.31. The predicted octanol–water partition coefficient (Wildman–Crippen LogP) is 3.64. The summed E-state index contributed by atoms with van der Waals surface area (Å²) < 4.78 is 0. The van der Waals surface area contributed by atoms with Gasteiger partial charge in [0.2, 0.25) is 0 Å². The first-order valence-electron chi connectivity index (χ1n) is 6.26. The van der Waals surface area contributed by atoms with Crippen molar-refractivity contribution in [1.29, 1.82) is 0 Å². The van der Waals surface area contributed by atoms with Crippen molar-refractivity contribution >= 4 is 11.6 Å². The topological polar surface area (TPSA) is 69.1 Å². The van der Waals surface area contributed by atoms with Crippen molar-refractivity contribution in [3.63, 3.8) is 0 Å². The summed E-state index contributed by atoms with van der Waals surface area (Å²) in [5.74, 6) is -0.0279. The second-order valence-corrected chi connectivity index (χ2v) is 4.41. The maximum absolute atomic E-state index is 12.4. The number of carbonyl (C=O) groups excluding carboxylic acids is 1. The van der Waals surface area contributed by atoms with Crippen LogP contribution < -0.4 is 0 Å². The molecule has 18 heavy (non-hydrogen) atoms. The molecule has 1 fully saturated rings. The zero-order chi connectivity index (χ0) is 12.8. The highest BCUT2D eigenvalue weighted by Crippen LogP contribution is 2.22. The maximum Gasteiger partial charge on any atom is 0.254 e. The molecule has 0 bridgehead atoms. The molecular weight excluding hydrogens is 228 g/mol. The van der Waals surface area contributed by atoms with Crippen molar-refractivity contribution in [3.8, 4) is 0 Å². The van der Waals surface area contributed by atoms with E-state index in [4.69, 9.17) is 5.53 Å². The second kappa shape index (κ2) is 6.07. The Labute approximate surface area is 106 Å². The highest BCUT2D eigenvalue weighted by molar-refractivity contribution is 5.98. The van der Waals surface area contributed by atoms with Gasteiger partial charge in [0, 0.05) is 23.6 Å². The zero-order valence-corrected chi connectivity index (χ0v) is 10.2. The van der Waals surface area contributed by atoms with Crippen molar-refractivity contribution in [2.75, 3.05) is 13.1 Å². The minimum Gasteiger partial charge on any atom is -0.339 e. The molecule has 2 rings (SSSR count). The van der Waals surface area contributed by atoms with E-state index in [1.165, 1.54) is 12.8 Å². The molecule has 5 heteroatoms. The largest absolute Gasteiger partial charge is 0.339 e. The van der Waals surface area contributed by atoms with E-state index in [9.17, 15) is 4.79 Å². The van der Waals surface area contributed by atoms with E-state index in [1.807, 2.05) is 4.90 Å². The summed E-state index contributed by atoms with van der Waals surface area (Å²) in [6, 6.07) is 6.95. The van der Waals surface area contributed by atoms with Gasteiger partial charge >= 0.3 is 0 Å². The number of nitrogens with zero attached hydrogens (tertiary/aromatic N) is 4. The van der Waals surface area contributed by atoms with Crippen molar-refractivity contribution in [2.24, 2.45) is 5.11 Å². The molecule has 1 heterocycles. The van der Waals surface area contributed by atoms with Crippen molar-refractivity contribution in [2.45, 2.75) is 25.7 Å². The molecule has 0 N–H and O–H groups in total.